The highest BCUT2D eigenvalue weighted by molar-refractivity contribution is 7.00. The minimum Gasteiger partial charge on any atom is -0.497 e. The summed E-state index contributed by atoms with van der Waals surface area (Å²) < 4.78 is 19.4. The quantitative estimate of drug-likeness (QED) is 0.533. The van der Waals surface area contributed by atoms with Crippen LogP contribution in [-0.4, -0.2) is 23.0 Å². The fourth-order valence-corrected chi connectivity index (χ4v) is 3.37. The van der Waals surface area contributed by atoms with Crippen molar-refractivity contribution in [2.75, 3.05) is 19.5 Å². The molecule has 4 rings (SSSR count). The van der Waals surface area contributed by atoms with Crippen molar-refractivity contribution in [2.24, 2.45) is 0 Å². The highest BCUT2D eigenvalue weighted by Crippen LogP contribution is 2.34. The van der Waals surface area contributed by atoms with Crippen LogP contribution < -0.4 is 14.8 Å². The second-order valence-corrected chi connectivity index (χ2v) is 6.23. The van der Waals surface area contributed by atoms with E-state index < -0.39 is 0 Å². The molecule has 0 aliphatic carbocycles. The van der Waals surface area contributed by atoms with Gasteiger partial charge >= 0.3 is 0 Å². The van der Waals surface area contributed by atoms with Crippen molar-refractivity contribution in [3.63, 3.8) is 0 Å². The third-order valence-corrected chi connectivity index (χ3v) is 4.71. The molecule has 0 fully saturated rings. The maximum absolute atomic E-state index is 5.23. The van der Waals surface area contributed by atoms with Crippen LogP contribution in [-0.2, 0) is 0 Å². The SMILES string of the molecule is COc1ccc(Nc2ccc(-c3ccc(OC)cc3)c3nsnc23)cc1. The van der Waals surface area contributed by atoms with Crippen LogP contribution in [0, 0.1) is 0 Å². The van der Waals surface area contributed by atoms with Crippen molar-refractivity contribution in [1.29, 1.82) is 0 Å². The van der Waals surface area contributed by atoms with Crippen LogP contribution in [0.1, 0.15) is 0 Å². The molecular weight excluding hydrogens is 346 g/mol. The summed E-state index contributed by atoms with van der Waals surface area (Å²) in [6.07, 6.45) is 0. The summed E-state index contributed by atoms with van der Waals surface area (Å²) in [4.78, 5) is 0. The van der Waals surface area contributed by atoms with Gasteiger partial charge in [0.15, 0.2) is 0 Å². The Morgan fingerprint density at radius 2 is 1.35 bits per heavy atom. The molecule has 4 aromatic rings. The van der Waals surface area contributed by atoms with Gasteiger partial charge in [0.2, 0.25) is 0 Å². The predicted octanol–water partition coefficient (Wildman–Crippen LogP) is 5.12. The Labute approximate surface area is 155 Å². The molecule has 0 unspecified atom stereocenters. The molecule has 0 saturated heterocycles. The number of hydrogen-bond donors (Lipinski definition) is 1. The van der Waals surface area contributed by atoms with Crippen molar-refractivity contribution in [3.8, 4) is 22.6 Å². The maximum Gasteiger partial charge on any atom is 0.128 e. The number of anilines is 2. The molecule has 3 aromatic carbocycles. The van der Waals surface area contributed by atoms with E-state index in [-0.39, 0.29) is 0 Å². The number of nitrogens with zero attached hydrogens (tertiary/aromatic N) is 2. The first-order chi connectivity index (χ1) is 12.8. The lowest BCUT2D eigenvalue weighted by Crippen LogP contribution is -1.93. The van der Waals surface area contributed by atoms with Gasteiger partial charge in [0, 0.05) is 11.3 Å². The number of ether oxygens (including phenoxy) is 2. The van der Waals surface area contributed by atoms with Crippen LogP contribution in [0.3, 0.4) is 0 Å². The van der Waals surface area contributed by atoms with E-state index in [1.54, 1.807) is 14.2 Å². The number of fused-ring (bicyclic) bond motifs is 1. The zero-order valence-corrected chi connectivity index (χ0v) is 15.2. The van der Waals surface area contributed by atoms with Crippen LogP contribution in [0.25, 0.3) is 22.2 Å². The van der Waals surface area contributed by atoms with Crippen LogP contribution in [0.2, 0.25) is 0 Å². The molecular formula is C20H17N3O2S. The third-order valence-electron chi connectivity index (χ3n) is 4.19. The maximum atomic E-state index is 5.23. The number of hydrogen-bond acceptors (Lipinski definition) is 6. The Balaban J connectivity index is 1.70. The molecule has 26 heavy (non-hydrogen) atoms. The van der Waals surface area contributed by atoms with Gasteiger partial charge in [0.05, 0.1) is 31.6 Å². The fourth-order valence-electron chi connectivity index (χ4n) is 2.80. The van der Waals surface area contributed by atoms with Gasteiger partial charge in [0.1, 0.15) is 22.5 Å². The lowest BCUT2D eigenvalue weighted by Gasteiger charge is -2.10. The average Bonchev–Trinajstić information content (AvgIpc) is 3.19. The number of rotatable bonds is 5. The van der Waals surface area contributed by atoms with E-state index in [1.165, 1.54) is 11.7 Å². The van der Waals surface area contributed by atoms with E-state index in [0.717, 1.165) is 45.0 Å². The Morgan fingerprint density at radius 1 is 0.731 bits per heavy atom. The molecule has 130 valence electrons. The highest BCUT2D eigenvalue weighted by atomic mass is 32.1. The van der Waals surface area contributed by atoms with E-state index in [4.69, 9.17) is 9.47 Å². The van der Waals surface area contributed by atoms with Gasteiger partial charge in [-0.05, 0) is 54.1 Å². The van der Waals surface area contributed by atoms with Crippen molar-refractivity contribution in [1.82, 2.24) is 8.75 Å². The minimum absolute atomic E-state index is 0.825. The molecule has 0 spiro atoms. The third kappa shape index (κ3) is 3.07. The number of methoxy groups -OCH3 is 2. The number of nitrogens with one attached hydrogen (secondary N) is 1. The van der Waals surface area contributed by atoms with Crippen molar-refractivity contribution in [3.05, 3.63) is 60.7 Å². The summed E-state index contributed by atoms with van der Waals surface area (Å²) in [5.41, 5.74) is 5.78. The van der Waals surface area contributed by atoms with Crippen LogP contribution >= 0.6 is 11.7 Å². The summed E-state index contributed by atoms with van der Waals surface area (Å²) >= 11 is 1.22. The highest BCUT2D eigenvalue weighted by Gasteiger charge is 2.12. The molecule has 1 N–H and O–H groups in total. The minimum atomic E-state index is 0.825. The van der Waals surface area contributed by atoms with Gasteiger partial charge in [-0.3, -0.25) is 0 Å². The van der Waals surface area contributed by atoms with Gasteiger partial charge in [-0.1, -0.05) is 12.1 Å². The predicted molar refractivity (Wildman–Crippen MR) is 106 cm³/mol. The molecule has 6 heteroatoms. The first-order valence-electron chi connectivity index (χ1n) is 8.09. The lowest BCUT2D eigenvalue weighted by atomic mass is 10.0. The molecule has 0 amide bonds. The smallest absolute Gasteiger partial charge is 0.128 e. The Hall–Kier alpha value is -3.12. The Bertz CT molecular complexity index is 1030. The first kappa shape index (κ1) is 16.4. The molecule has 0 saturated carbocycles. The molecule has 0 radical (unpaired) electrons. The molecule has 0 bridgehead atoms. The molecule has 1 aromatic heterocycles. The van der Waals surface area contributed by atoms with Gasteiger partial charge < -0.3 is 14.8 Å². The van der Waals surface area contributed by atoms with Gasteiger partial charge in [0.25, 0.3) is 0 Å². The normalized spacial score (nSPS) is 10.7. The van der Waals surface area contributed by atoms with Crippen LogP contribution in [0.5, 0.6) is 11.5 Å². The van der Waals surface area contributed by atoms with E-state index in [1.807, 2.05) is 54.6 Å². The lowest BCUT2D eigenvalue weighted by molar-refractivity contribution is 0.415. The molecule has 5 nitrogen and oxygen atoms in total. The largest absolute Gasteiger partial charge is 0.497 e. The van der Waals surface area contributed by atoms with Crippen molar-refractivity contribution in [2.45, 2.75) is 0 Å². The van der Waals surface area contributed by atoms with Crippen LogP contribution in [0.15, 0.2) is 60.7 Å². The monoisotopic (exact) mass is 363 g/mol. The molecule has 0 atom stereocenters. The van der Waals surface area contributed by atoms with Crippen LogP contribution in [0.4, 0.5) is 11.4 Å². The van der Waals surface area contributed by atoms with E-state index in [9.17, 15) is 0 Å². The van der Waals surface area contributed by atoms with Gasteiger partial charge in [-0.15, -0.1) is 0 Å². The summed E-state index contributed by atoms with van der Waals surface area (Å²) in [5, 5.41) is 3.41. The van der Waals surface area contributed by atoms with Gasteiger partial charge in [-0.25, -0.2) is 0 Å². The fraction of sp³-hybridized carbons (Fsp3) is 0.100. The first-order valence-corrected chi connectivity index (χ1v) is 8.82. The summed E-state index contributed by atoms with van der Waals surface area (Å²) in [6, 6.07) is 19.9. The molecule has 1 heterocycles. The molecule has 0 aliphatic rings. The summed E-state index contributed by atoms with van der Waals surface area (Å²) in [7, 11) is 3.32. The van der Waals surface area contributed by atoms with E-state index >= 15 is 0 Å². The summed E-state index contributed by atoms with van der Waals surface area (Å²) in [5.74, 6) is 1.66. The number of benzene rings is 3. The second-order valence-electron chi connectivity index (χ2n) is 5.70. The Kier molecular flexibility index (Phi) is 4.41. The van der Waals surface area contributed by atoms with Gasteiger partial charge in [-0.2, -0.15) is 8.75 Å². The van der Waals surface area contributed by atoms with E-state index in [2.05, 4.69) is 20.1 Å². The topological polar surface area (TPSA) is 56.3 Å². The average molecular weight is 363 g/mol. The number of aromatic nitrogens is 2. The Morgan fingerprint density at radius 3 is 2.00 bits per heavy atom. The second kappa shape index (κ2) is 7.01. The summed E-state index contributed by atoms with van der Waals surface area (Å²) in [6.45, 7) is 0. The standard InChI is InChI=1S/C20H17N3O2S/c1-24-15-7-3-13(4-8-15)17-11-12-18(20-19(17)22-26-23-20)21-14-5-9-16(25-2)10-6-14/h3-12,21H,1-2H3. The molecule has 0 aliphatic heterocycles. The zero-order chi connectivity index (χ0) is 17.9. The van der Waals surface area contributed by atoms with Crippen molar-refractivity contribution >= 4 is 34.1 Å². The zero-order valence-electron chi connectivity index (χ0n) is 14.4. The van der Waals surface area contributed by atoms with E-state index in [0.29, 0.717) is 0 Å². The van der Waals surface area contributed by atoms with Crippen molar-refractivity contribution < 1.29 is 9.47 Å².